The maximum absolute atomic E-state index is 12.7. The first kappa shape index (κ1) is 20.2. The molecule has 146 valence electrons. The summed E-state index contributed by atoms with van der Waals surface area (Å²) in [6.45, 7) is 1.98. The Labute approximate surface area is 172 Å². The monoisotopic (exact) mass is 407 g/mol. The Kier molecular flexibility index (Phi) is 6.32. The quantitative estimate of drug-likeness (QED) is 0.464. The standard InChI is InChI=1S/C21H17N3O4S/c1-2-28-21(27)14-8-10-15(11-9-14)23-19(26)17(12-22)20-24(18(25)13-29-20)16-6-4-3-5-7-16/h3-11H,2,13H2,1H3,(H,23,26). The highest BCUT2D eigenvalue weighted by molar-refractivity contribution is 8.04. The number of nitrogens with one attached hydrogen (secondary N) is 1. The number of anilines is 2. The molecule has 29 heavy (non-hydrogen) atoms. The van der Waals surface area contributed by atoms with Gasteiger partial charge in [-0.05, 0) is 43.3 Å². The first-order valence-electron chi connectivity index (χ1n) is 8.79. The molecule has 2 aromatic carbocycles. The zero-order valence-corrected chi connectivity index (χ0v) is 16.4. The topological polar surface area (TPSA) is 99.5 Å². The molecule has 0 atom stereocenters. The Hall–Kier alpha value is -3.57. The van der Waals surface area contributed by atoms with Gasteiger partial charge in [0, 0.05) is 11.4 Å². The summed E-state index contributed by atoms with van der Waals surface area (Å²) in [5.41, 5.74) is 1.21. The number of thioether (sulfide) groups is 1. The van der Waals surface area contributed by atoms with Crippen LogP contribution in [0.15, 0.2) is 65.2 Å². The van der Waals surface area contributed by atoms with Crippen molar-refractivity contribution in [3.8, 4) is 6.07 Å². The summed E-state index contributed by atoms with van der Waals surface area (Å²) >= 11 is 1.15. The minimum atomic E-state index is -0.630. The van der Waals surface area contributed by atoms with Crippen LogP contribution in [0.3, 0.4) is 0 Å². The number of hydrogen-bond donors (Lipinski definition) is 1. The summed E-state index contributed by atoms with van der Waals surface area (Å²) < 4.78 is 4.92. The van der Waals surface area contributed by atoms with Gasteiger partial charge < -0.3 is 10.1 Å². The van der Waals surface area contributed by atoms with Crippen LogP contribution >= 0.6 is 11.8 Å². The lowest BCUT2D eigenvalue weighted by molar-refractivity contribution is -0.115. The van der Waals surface area contributed by atoms with Gasteiger partial charge in [-0.3, -0.25) is 14.5 Å². The number of carbonyl (C=O) groups excluding carboxylic acids is 3. The number of rotatable bonds is 5. The third kappa shape index (κ3) is 4.47. The van der Waals surface area contributed by atoms with Crippen molar-refractivity contribution in [3.63, 3.8) is 0 Å². The van der Waals surface area contributed by atoms with Crippen LogP contribution < -0.4 is 10.2 Å². The van der Waals surface area contributed by atoms with E-state index in [4.69, 9.17) is 4.74 Å². The molecule has 0 bridgehead atoms. The molecule has 0 saturated carbocycles. The van der Waals surface area contributed by atoms with E-state index in [0.717, 1.165) is 11.8 Å². The molecule has 1 saturated heterocycles. The van der Waals surface area contributed by atoms with E-state index in [1.165, 1.54) is 17.0 Å². The zero-order valence-electron chi connectivity index (χ0n) is 15.5. The van der Waals surface area contributed by atoms with Gasteiger partial charge >= 0.3 is 5.97 Å². The van der Waals surface area contributed by atoms with Crippen LogP contribution in [0.1, 0.15) is 17.3 Å². The predicted octanol–water partition coefficient (Wildman–Crippen LogP) is 3.32. The molecule has 3 rings (SSSR count). The Morgan fingerprint density at radius 3 is 2.48 bits per heavy atom. The third-order valence-corrected chi connectivity index (χ3v) is 5.06. The molecule has 8 heteroatoms. The highest BCUT2D eigenvalue weighted by atomic mass is 32.2. The van der Waals surface area contributed by atoms with Gasteiger partial charge in [-0.1, -0.05) is 30.0 Å². The first-order valence-corrected chi connectivity index (χ1v) is 9.77. The van der Waals surface area contributed by atoms with E-state index in [-0.39, 0.29) is 23.8 Å². The SMILES string of the molecule is CCOC(=O)c1ccc(NC(=O)C(C#N)=C2SCC(=O)N2c2ccccc2)cc1. The van der Waals surface area contributed by atoms with Crippen LogP contribution in [0.2, 0.25) is 0 Å². The van der Waals surface area contributed by atoms with Crippen molar-refractivity contribution in [1.29, 1.82) is 5.26 Å². The molecule has 1 N–H and O–H groups in total. The molecule has 0 spiro atoms. The van der Waals surface area contributed by atoms with Crippen molar-refractivity contribution in [2.75, 3.05) is 22.6 Å². The second kappa shape index (κ2) is 9.08. The second-order valence-electron chi connectivity index (χ2n) is 5.90. The van der Waals surface area contributed by atoms with Crippen molar-refractivity contribution in [1.82, 2.24) is 0 Å². The first-order chi connectivity index (χ1) is 14.0. The Bertz CT molecular complexity index is 1010. The maximum Gasteiger partial charge on any atom is 0.338 e. The van der Waals surface area contributed by atoms with Crippen molar-refractivity contribution in [2.24, 2.45) is 0 Å². The number of ether oxygens (including phenoxy) is 1. The van der Waals surface area contributed by atoms with Crippen LogP contribution in [-0.4, -0.2) is 30.1 Å². The molecule has 0 aromatic heterocycles. The highest BCUT2D eigenvalue weighted by Gasteiger charge is 2.33. The summed E-state index contributed by atoms with van der Waals surface area (Å²) in [4.78, 5) is 38.1. The number of para-hydroxylation sites is 1. The van der Waals surface area contributed by atoms with Crippen LogP contribution in [0, 0.1) is 11.3 Å². The van der Waals surface area contributed by atoms with Crippen LogP contribution in [0.5, 0.6) is 0 Å². The fourth-order valence-electron chi connectivity index (χ4n) is 2.69. The number of hydrogen-bond acceptors (Lipinski definition) is 6. The van der Waals surface area contributed by atoms with Crippen molar-refractivity contribution in [3.05, 3.63) is 70.8 Å². The van der Waals surface area contributed by atoms with E-state index in [1.54, 1.807) is 43.3 Å². The van der Waals surface area contributed by atoms with E-state index >= 15 is 0 Å². The summed E-state index contributed by atoms with van der Waals surface area (Å²) in [6, 6.07) is 16.9. The normalized spacial score (nSPS) is 14.9. The van der Waals surface area contributed by atoms with E-state index in [9.17, 15) is 19.6 Å². The van der Waals surface area contributed by atoms with Crippen molar-refractivity contribution < 1.29 is 19.1 Å². The minimum absolute atomic E-state index is 0.150. The van der Waals surface area contributed by atoms with Gasteiger partial charge in [0.1, 0.15) is 16.7 Å². The van der Waals surface area contributed by atoms with Crippen LogP contribution in [0.25, 0.3) is 0 Å². The van der Waals surface area contributed by atoms with Gasteiger partial charge in [-0.25, -0.2) is 4.79 Å². The molecule has 0 aliphatic carbocycles. The summed E-state index contributed by atoms with van der Waals surface area (Å²) in [5.74, 6) is -1.13. The number of nitriles is 1. The molecule has 1 aliphatic heterocycles. The fourth-order valence-corrected chi connectivity index (χ4v) is 3.70. The fraction of sp³-hybridized carbons (Fsp3) is 0.143. The maximum atomic E-state index is 12.7. The lowest BCUT2D eigenvalue weighted by Crippen LogP contribution is -2.26. The van der Waals surface area contributed by atoms with Gasteiger partial charge in [0.25, 0.3) is 5.91 Å². The zero-order chi connectivity index (χ0) is 20.8. The van der Waals surface area contributed by atoms with E-state index < -0.39 is 11.9 Å². The molecular weight excluding hydrogens is 390 g/mol. The van der Waals surface area contributed by atoms with E-state index in [2.05, 4.69) is 5.32 Å². The molecule has 0 radical (unpaired) electrons. The molecule has 1 aliphatic rings. The van der Waals surface area contributed by atoms with E-state index in [1.807, 2.05) is 12.1 Å². The minimum Gasteiger partial charge on any atom is -0.462 e. The summed E-state index contributed by atoms with van der Waals surface area (Å²) in [5, 5.41) is 12.5. The molecule has 1 fully saturated rings. The molecule has 2 amide bonds. The highest BCUT2D eigenvalue weighted by Crippen LogP contribution is 2.36. The van der Waals surface area contributed by atoms with Crippen LogP contribution in [0.4, 0.5) is 11.4 Å². The second-order valence-corrected chi connectivity index (χ2v) is 6.86. The smallest absolute Gasteiger partial charge is 0.338 e. The van der Waals surface area contributed by atoms with Crippen molar-refractivity contribution >= 4 is 40.9 Å². The van der Waals surface area contributed by atoms with Gasteiger partial charge in [-0.2, -0.15) is 5.26 Å². The lowest BCUT2D eigenvalue weighted by atomic mass is 10.2. The number of nitrogens with zero attached hydrogens (tertiary/aromatic N) is 2. The number of carbonyl (C=O) groups is 3. The Morgan fingerprint density at radius 2 is 1.86 bits per heavy atom. The van der Waals surface area contributed by atoms with Gasteiger partial charge in [0.15, 0.2) is 0 Å². The van der Waals surface area contributed by atoms with Gasteiger partial charge in [0.05, 0.1) is 17.9 Å². The molecular formula is C21H17N3O4S. The Morgan fingerprint density at radius 1 is 1.17 bits per heavy atom. The molecule has 1 heterocycles. The Balaban J connectivity index is 1.84. The average Bonchev–Trinajstić information content (AvgIpc) is 3.11. The molecule has 7 nitrogen and oxygen atoms in total. The van der Waals surface area contributed by atoms with E-state index in [0.29, 0.717) is 22.0 Å². The molecule has 2 aromatic rings. The average molecular weight is 407 g/mol. The van der Waals surface area contributed by atoms with Crippen molar-refractivity contribution in [2.45, 2.75) is 6.92 Å². The number of benzene rings is 2. The van der Waals surface area contributed by atoms with Gasteiger partial charge in [-0.15, -0.1) is 0 Å². The number of amides is 2. The number of esters is 1. The predicted molar refractivity (Wildman–Crippen MR) is 110 cm³/mol. The van der Waals surface area contributed by atoms with Gasteiger partial charge in [0.2, 0.25) is 5.91 Å². The summed E-state index contributed by atoms with van der Waals surface area (Å²) in [6.07, 6.45) is 0. The largest absolute Gasteiger partial charge is 0.462 e. The van der Waals surface area contributed by atoms with Crippen LogP contribution in [-0.2, 0) is 14.3 Å². The lowest BCUT2D eigenvalue weighted by Gasteiger charge is -2.18. The molecule has 0 unspecified atom stereocenters. The summed E-state index contributed by atoms with van der Waals surface area (Å²) in [7, 11) is 0. The third-order valence-electron chi connectivity index (χ3n) is 4.01.